The summed E-state index contributed by atoms with van der Waals surface area (Å²) in [7, 11) is 0. The van der Waals surface area contributed by atoms with Gasteiger partial charge in [-0.2, -0.15) is 0 Å². The molecule has 0 unspecified atom stereocenters. The molecule has 1 saturated heterocycles. The zero-order valence-electron chi connectivity index (χ0n) is 15.2. The van der Waals surface area contributed by atoms with Crippen LogP contribution in [0.2, 0.25) is 0 Å². The molecule has 23 heavy (non-hydrogen) atoms. The van der Waals surface area contributed by atoms with E-state index in [2.05, 4.69) is 44.2 Å². The summed E-state index contributed by atoms with van der Waals surface area (Å²) in [4.78, 5) is 14.5. The first-order valence-electron chi connectivity index (χ1n) is 8.80. The van der Waals surface area contributed by atoms with Crippen LogP contribution in [-0.2, 0) is 11.2 Å². The second kappa shape index (κ2) is 7.37. The summed E-state index contributed by atoms with van der Waals surface area (Å²) in [5, 5.41) is 0. The van der Waals surface area contributed by atoms with E-state index in [1.54, 1.807) is 0 Å². The Hall–Kier alpha value is -1.51. The summed E-state index contributed by atoms with van der Waals surface area (Å²) in [6.07, 6.45) is 3.15. The molecule has 3 heteroatoms. The van der Waals surface area contributed by atoms with Crippen LogP contribution >= 0.6 is 0 Å². The fourth-order valence-corrected chi connectivity index (χ4v) is 3.34. The minimum Gasteiger partial charge on any atom is -0.444 e. The van der Waals surface area contributed by atoms with Crippen LogP contribution < -0.4 is 0 Å². The van der Waals surface area contributed by atoms with Crippen molar-refractivity contribution in [3.63, 3.8) is 0 Å². The van der Waals surface area contributed by atoms with Crippen LogP contribution in [0.4, 0.5) is 4.79 Å². The van der Waals surface area contributed by atoms with Crippen molar-refractivity contribution in [3.05, 3.63) is 35.9 Å². The third-order valence-corrected chi connectivity index (χ3v) is 4.51. The Bertz CT molecular complexity index is 504. The molecule has 0 N–H and O–H groups in total. The number of hydrogen-bond acceptors (Lipinski definition) is 2. The molecule has 0 bridgehead atoms. The molecular formula is C20H31NO2. The average molecular weight is 317 g/mol. The Morgan fingerprint density at radius 2 is 1.91 bits per heavy atom. The lowest BCUT2D eigenvalue weighted by Gasteiger charge is -2.30. The van der Waals surface area contributed by atoms with Gasteiger partial charge in [0, 0.05) is 12.6 Å². The van der Waals surface area contributed by atoms with E-state index in [4.69, 9.17) is 4.74 Å². The maximum atomic E-state index is 12.5. The van der Waals surface area contributed by atoms with Gasteiger partial charge in [-0.1, -0.05) is 44.2 Å². The number of hydrogen-bond donors (Lipinski definition) is 0. The van der Waals surface area contributed by atoms with Crippen molar-refractivity contribution < 1.29 is 9.53 Å². The third kappa shape index (κ3) is 5.26. The molecule has 1 fully saturated rings. The van der Waals surface area contributed by atoms with Crippen LogP contribution in [-0.4, -0.2) is 29.2 Å². The molecule has 0 saturated carbocycles. The first-order valence-corrected chi connectivity index (χ1v) is 8.80. The number of rotatable bonds is 4. The van der Waals surface area contributed by atoms with E-state index in [0.717, 1.165) is 25.8 Å². The van der Waals surface area contributed by atoms with Crippen LogP contribution in [0.15, 0.2) is 30.3 Å². The highest BCUT2D eigenvalue weighted by Crippen LogP contribution is 2.32. The van der Waals surface area contributed by atoms with Gasteiger partial charge in [-0.25, -0.2) is 4.79 Å². The summed E-state index contributed by atoms with van der Waals surface area (Å²) in [6.45, 7) is 11.0. The number of nitrogens with zero attached hydrogens (tertiary/aromatic N) is 1. The van der Waals surface area contributed by atoms with E-state index in [0.29, 0.717) is 17.9 Å². The summed E-state index contributed by atoms with van der Waals surface area (Å²) < 4.78 is 5.60. The van der Waals surface area contributed by atoms with Gasteiger partial charge in [0.1, 0.15) is 5.60 Å². The molecule has 1 aromatic carbocycles. The van der Waals surface area contributed by atoms with Crippen molar-refractivity contribution in [2.75, 3.05) is 6.54 Å². The van der Waals surface area contributed by atoms with E-state index in [1.165, 1.54) is 5.56 Å². The quantitative estimate of drug-likeness (QED) is 0.790. The first kappa shape index (κ1) is 17.8. The fraction of sp³-hybridized carbons (Fsp3) is 0.650. The van der Waals surface area contributed by atoms with E-state index >= 15 is 0 Å². The molecule has 128 valence electrons. The number of benzene rings is 1. The largest absolute Gasteiger partial charge is 0.444 e. The Kier molecular flexibility index (Phi) is 5.72. The van der Waals surface area contributed by atoms with Crippen LogP contribution in [0.3, 0.4) is 0 Å². The lowest BCUT2D eigenvalue weighted by Crippen LogP contribution is -2.42. The summed E-state index contributed by atoms with van der Waals surface area (Å²) in [6, 6.07) is 10.9. The maximum Gasteiger partial charge on any atom is 0.410 e. The molecule has 1 aliphatic heterocycles. The number of amides is 1. The first-order chi connectivity index (χ1) is 10.8. The highest BCUT2D eigenvalue weighted by atomic mass is 16.6. The van der Waals surface area contributed by atoms with Crippen LogP contribution in [0, 0.1) is 11.8 Å². The smallest absolute Gasteiger partial charge is 0.410 e. The third-order valence-electron chi connectivity index (χ3n) is 4.51. The van der Waals surface area contributed by atoms with E-state index in [9.17, 15) is 4.79 Å². The zero-order valence-corrected chi connectivity index (χ0v) is 15.2. The molecular weight excluding hydrogens is 286 g/mol. The standard InChI is InChI=1S/C20H31NO2/c1-15(2)18-13-17(12-11-16-9-7-6-8-10-16)14-21(18)19(22)23-20(3,4)5/h6-10,15,17-18H,11-14H2,1-5H3/t17-,18+/m1/s1. The van der Waals surface area contributed by atoms with E-state index in [1.807, 2.05) is 25.7 Å². The van der Waals surface area contributed by atoms with Crippen LogP contribution in [0.25, 0.3) is 0 Å². The number of carbonyl (C=O) groups excluding carboxylic acids is 1. The van der Waals surface area contributed by atoms with Gasteiger partial charge in [0.25, 0.3) is 0 Å². The average Bonchev–Trinajstić information content (AvgIpc) is 2.89. The van der Waals surface area contributed by atoms with Gasteiger partial charge < -0.3 is 9.64 Å². The maximum absolute atomic E-state index is 12.5. The molecule has 1 aromatic rings. The Balaban J connectivity index is 1.96. The van der Waals surface area contributed by atoms with Gasteiger partial charge in [0.2, 0.25) is 0 Å². The van der Waals surface area contributed by atoms with Crippen molar-refractivity contribution in [1.29, 1.82) is 0 Å². The van der Waals surface area contributed by atoms with Gasteiger partial charge in [0.05, 0.1) is 0 Å². The monoisotopic (exact) mass is 317 g/mol. The minimum atomic E-state index is -0.430. The Morgan fingerprint density at radius 3 is 2.48 bits per heavy atom. The van der Waals surface area contributed by atoms with Crippen LogP contribution in [0.5, 0.6) is 0 Å². The Morgan fingerprint density at radius 1 is 1.26 bits per heavy atom. The molecule has 1 heterocycles. The fourth-order valence-electron chi connectivity index (χ4n) is 3.34. The zero-order chi connectivity index (χ0) is 17.0. The summed E-state index contributed by atoms with van der Waals surface area (Å²) in [5.74, 6) is 1.03. The predicted octanol–water partition coefficient (Wildman–Crippen LogP) is 4.90. The number of aryl methyl sites for hydroxylation is 1. The molecule has 0 spiro atoms. The lowest BCUT2D eigenvalue weighted by atomic mass is 9.93. The molecule has 1 aliphatic rings. The van der Waals surface area contributed by atoms with Gasteiger partial charge in [-0.15, -0.1) is 0 Å². The van der Waals surface area contributed by atoms with Crippen molar-refractivity contribution in [2.24, 2.45) is 11.8 Å². The van der Waals surface area contributed by atoms with Crippen LogP contribution in [0.1, 0.15) is 53.0 Å². The van der Waals surface area contributed by atoms with Gasteiger partial charge >= 0.3 is 6.09 Å². The normalized spacial score (nSPS) is 21.7. The molecule has 3 nitrogen and oxygen atoms in total. The van der Waals surface area contributed by atoms with Crippen molar-refractivity contribution in [3.8, 4) is 0 Å². The molecule has 0 aliphatic carbocycles. The topological polar surface area (TPSA) is 29.5 Å². The highest BCUT2D eigenvalue weighted by Gasteiger charge is 2.38. The van der Waals surface area contributed by atoms with Crippen molar-refractivity contribution in [2.45, 2.75) is 65.5 Å². The molecule has 2 rings (SSSR count). The summed E-state index contributed by atoms with van der Waals surface area (Å²) in [5.41, 5.74) is 0.949. The molecule has 1 amide bonds. The predicted molar refractivity (Wildman–Crippen MR) is 94.4 cm³/mol. The highest BCUT2D eigenvalue weighted by molar-refractivity contribution is 5.69. The Labute approximate surface area is 141 Å². The van der Waals surface area contributed by atoms with Crippen molar-refractivity contribution in [1.82, 2.24) is 4.90 Å². The second-order valence-electron chi connectivity index (χ2n) is 8.07. The van der Waals surface area contributed by atoms with Gasteiger partial charge in [-0.05, 0) is 57.4 Å². The summed E-state index contributed by atoms with van der Waals surface area (Å²) >= 11 is 0. The number of likely N-dealkylation sites (tertiary alicyclic amines) is 1. The number of carbonyl (C=O) groups is 1. The van der Waals surface area contributed by atoms with Crippen molar-refractivity contribution >= 4 is 6.09 Å². The molecule has 0 aromatic heterocycles. The molecule has 2 atom stereocenters. The van der Waals surface area contributed by atoms with E-state index in [-0.39, 0.29) is 6.09 Å². The van der Waals surface area contributed by atoms with E-state index < -0.39 is 5.60 Å². The second-order valence-corrected chi connectivity index (χ2v) is 8.07. The van der Waals surface area contributed by atoms with Gasteiger partial charge in [-0.3, -0.25) is 0 Å². The number of ether oxygens (including phenoxy) is 1. The van der Waals surface area contributed by atoms with Gasteiger partial charge in [0.15, 0.2) is 0 Å². The molecule has 0 radical (unpaired) electrons. The lowest BCUT2D eigenvalue weighted by molar-refractivity contribution is 0.0186. The SMILES string of the molecule is CC(C)[C@@H]1C[C@@H](CCc2ccccc2)CN1C(=O)OC(C)(C)C. The minimum absolute atomic E-state index is 0.154.